The molecule has 11 rings (SSSR count). The number of rotatable bonds is 12. The number of carbonyl (C=O) groups excluding carboxylic acids is 1. The summed E-state index contributed by atoms with van der Waals surface area (Å²) >= 11 is 0. The third kappa shape index (κ3) is 9.88. The van der Waals surface area contributed by atoms with Gasteiger partial charge in [-0.25, -0.2) is 18.1 Å². The molecule has 1 spiro atoms. The molecule has 73 heavy (non-hydrogen) atoms. The van der Waals surface area contributed by atoms with Gasteiger partial charge in [0.25, 0.3) is 21.6 Å². The quantitative estimate of drug-likeness (QED) is 0.0684. The highest BCUT2D eigenvalue weighted by molar-refractivity contribution is 7.90. The van der Waals surface area contributed by atoms with Crippen LogP contribution in [-0.2, 0) is 19.5 Å². The van der Waals surface area contributed by atoms with E-state index in [-0.39, 0.29) is 34.7 Å². The molecule has 1 amide bonds. The zero-order chi connectivity index (χ0) is 50.6. The highest BCUT2D eigenvalue weighted by Gasteiger charge is 2.50. The first kappa shape index (κ1) is 49.4. The number of hydrogen-bond donors (Lipinski definition) is 4. The number of ether oxygens (including phenoxy) is 2. The van der Waals surface area contributed by atoms with Crippen molar-refractivity contribution in [1.82, 2.24) is 19.6 Å². The van der Waals surface area contributed by atoms with E-state index in [0.717, 1.165) is 112 Å². The molecule has 2 saturated carbocycles. The third-order valence-corrected chi connectivity index (χ3v) is 18.3. The average molecular weight is 1020 g/mol. The third-order valence-electron chi connectivity index (χ3n) is 17.0. The molecule has 6 aliphatic rings. The number of aliphatic hydroxyl groups is 1. The van der Waals surface area contributed by atoms with Crippen molar-refractivity contribution in [3.63, 3.8) is 0 Å². The van der Waals surface area contributed by atoms with Crippen LogP contribution in [0.5, 0.6) is 0 Å². The van der Waals surface area contributed by atoms with Crippen molar-refractivity contribution in [2.24, 2.45) is 11.3 Å². The summed E-state index contributed by atoms with van der Waals surface area (Å²) in [5, 5.41) is 26.8. The van der Waals surface area contributed by atoms with Gasteiger partial charge in [0.2, 0.25) is 0 Å². The predicted molar refractivity (Wildman–Crippen MR) is 283 cm³/mol. The van der Waals surface area contributed by atoms with Gasteiger partial charge < -0.3 is 39.6 Å². The molecule has 5 fully saturated rings. The molecule has 5 aromatic rings. The van der Waals surface area contributed by atoms with Crippen molar-refractivity contribution in [2.75, 3.05) is 85.7 Å². The molecule has 18 heteroatoms. The summed E-state index contributed by atoms with van der Waals surface area (Å²) in [4.78, 5) is 44.0. The molecule has 6 heterocycles. The van der Waals surface area contributed by atoms with Gasteiger partial charge >= 0.3 is 0 Å². The molecule has 4 aliphatic heterocycles. The van der Waals surface area contributed by atoms with E-state index in [9.17, 15) is 28.4 Å². The Labute approximate surface area is 427 Å². The van der Waals surface area contributed by atoms with E-state index < -0.39 is 37.0 Å². The second-order valence-corrected chi connectivity index (χ2v) is 23.9. The summed E-state index contributed by atoms with van der Waals surface area (Å²) < 4.78 is 42.9. The van der Waals surface area contributed by atoms with Crippen molar-refractivity contribution in [1.29, 1.82) is 0 Å². The number of piperidine rings is 1. The fraction of sp³-hybridized carbons (Fsp3) is 0.527. The lowest BCUT2D eigenvalue weighted by atomic mass is 9.59. The highest BCUT2D eigenvalue weighted by Crippen LogP contribution is 2.54. The van der Waals surface area contributed by atoms with Crippen molar-refractivity contribution in [2.45, 2.75) is 113 Å². The van der Waals surface area contributed by atoms with Gasteiger partial charge in [0.05, 0.1) is 64.3 Å². The zero-order valence-electron chi connectivity index (χ0n) is 42.2. The standard InChI is InChI=1S/C55H69N9O8S/c1-36(2)43-7-4-5-8-44(43)50-35-72-26-24-61(50)40-30-55(31-40)18-22-60(23-19-55)39-9-11-45(47(28-39)63-33-41-34-71-25-6-21-62(41)52-49(63)27-38-15-20-56-51(38)58-52)53(65)59-73(69,70)42-10-12-46(48(29-42)64(67)68)57-32-37-13-16-54(3,66)17-14-37/h4-5,7-12,15,20,27-29,36-37,40-41,50,57,66H,6,13-14,16-19,21-26,30-35H2,1-3H3,(H,56,58)(H,59,65)/t37-,41-,50-,54-/m0/s1. The first-order chi connectivity index (χ1) is 35.1. The van der Waals surface area contributed by atoms with Gasteiger partial charge in [-0.2, -0.15) is 0 Å². The number of fused-ring (bicyclic) bond motifs is 4. The highest BCUT2D eigenvalue weighted by atomic mass is 32.2. The van der Waals surface area contributed by atoms with Crippen LogP contribution < -0.4 is 24.7 Å². The van der Waals surface area contributed by atoms with E-state index in [2.05, 4.69) is 78.8 Å². The minimum absolute atomic E-state index is 0.106. The van der Waals surface area contributed by atoms with Crippen LogP contribution >= 0.6 is 0 Å². The van der Waals surface area contributed by atoms with Crippen molar-refractivity contribution in [3.8, 4) is 0 Å². The predicted octanol–water partition coefficient (Wildman–Crippen LogP) is 8.64. The zero-order valence-corrected chi connectivity index (χ0v) is 43.0. The summed E-state index contributed by atoms with van der Waals surface area (Å²) in [6.45, 7) is 13.1. The number of aromatic nitrogens is 2. The fourth-order valence-electron chi connectivity index (χ4n) is 12.8. The Morgan fingerprint density at radius 3 is 2.49 bits per heavy atom. The van der Waals surface area contributed by atoms with Gasteiger partial charge in [-0.1, -0.05) is 38.1 Å². The molecule has 3 aromatic carbocycles. The number of anilines is 5. The number of nitrogens with zero attached hydrogens (tertiary/aromatic N) is 6. The Kier molecular flexibility index (Phi) is 13.4. The van der Waals surface area contributed by atoms with E-state index in [4.69, 9.17) is 14.5 Å². The molecule has 0 radical (unpaired) electrons. The number of benzene rings is 3. The second kappa shape index (κ2) is 19.8. The summed E-state index contributed by atoms with van der Waals surface area (Å²) in [6.07, 6.45) is 9.88. The number of morpholine rings is 1. The number of H-pyrrole nitrogens is 1. The molecular formula is C55H69N9O8S. The lowest BCUT2D eigenvalue weighted by Gasteiger charge is -2.57. The lowest BCUT2D eigenvalue weighted by molar-refractivity contribution is -0.384. The summed E-state index contributed by atoms with van der Waals surface area (Å²) in [5.74, 6) is 0.536. The normalized spacial score (nSPS) is 24.7. The maximum Gasteiger partial charge on any atom is 0.293 e. The number of amides is 1. The van der Waals surface area contributed by atoms with Gasteiger partial charge in [0, 0.05) is 75.3 Å². The molecule has 2 atom stereocenters. The van der Waals surface area contributed by atoms with Crippen molar-refractivity contribution >= 4 is 61.2 Å². The van der Waals surface area contributed by atoms with Crippen LogP contribution in [0.25, 0.3) is 11.0 Å². The summed E-state index contributed by atoms with van der Waals surface area (Å²) in [7, 11) is -4.60. The van der Waals surface area contributed by atoms with E-state index in [1.54, 1.807) is 6.07 Å². The van der Waals surface area contributed by atoms with Gasteiger partial charge in [-0.05, 0) is 136 Å². The molecule has 4 N–H and O–H groups in total. The topological polar surface area (TPSA) is 199 Å². The van der Waals surface area contributed by atoms with Gasteiger partial charge in [-0.15, -0.1) is 0 Å². The number of nitro benzene ring substituents is 1. The Balaban J connectivity index is 0.864. The average Bonchev–Trinajstić information content (AvgIpc) is 3.71. The van der Waals surface area contributed by atoms with Crippen LogP contribution in [0.15, 0.2) is 83.9 Å². The second-order valence-electron chi connectivity index (χ2n) is 22.2. The first-order valence-electron chi connectivity index (χ1n) is 26.4. The van der Waals surface area contributed by atoms with Crippen LogP contribution in [0.4, 0.5) is 34.3 Å². The molecule has 2 aliphatic carbocycles. The Morgan fingerprint density at radius 2 is 1.71 bits per heavy atom. The number of aromatic amines is 1. The molecule has 2 aromatic heterocycles. The monoisotopic (exact) mass is 1020 g/mol. The summed E-state index contributed by atoms with van der Waals surface area (Å²) in [6, 6.07) is 22.8. The SMILES string of the molecule is CC(C)c1ccccc1[C@@H]1COCCN1C1CC2(CCN(c3ccc(C(=O)NS(=O)(=O)c4ccc(NC[C@H]5CC[C@](C)(O)CC5)c([N+](=O)[O-])c4)c(N4C[C@H]5COCCCN5c5nc6[nH]ccc6cc54)c3)CC2)C1. The molecule has 17 nitrogen and oxygen atoms in total. The molecule has 388 valence electrons. The lowest BCUT2D eigenvalue weighted by Crippen LogP contribution is -2.58. The molecular weight excluding hydrogens is 947 g/mol. The number of carbonyl (C=O) groups is 1. The van der Waals surface area contributed by atoms with Crippen LogP contribution in [0.1, 0.15) is 112 Å². The van der Waals surface area contributed by atoms with E-state index in [0.29, 0.717) is 63.4 Å². The number of hydrogen-bond acceptors (Lipinski definition) is 14. The van der Waals surface area contributed by atoms with Crippen molar-refractivity contribution in [3.05, 3.63) is 106 Å². The summed E-state index contributed by atoms with van der Waals surface area (Å²) in [5.41, 5.74) is 5.25. The maximum atomic E-state index is 14.7. The minimum Gasteiger partial charge on any atom is -0.390 e. The smallest absolute Gasteiger partial charge is 0.293 e. The minimum atomic E-state index is -4.60. The van der Waals surface area contributed by atoms with Crippen LogP contribution in [0.2, 0.25) is 0 Å². The van der Waals surface area contributed by atoms with Crippen LogP contribution in [0, 0.1) is 21.4 Å². The largest absolute Gasteiger partial charge is 0.390 e. The number of pyridine rings is 1. The first-order valence-corrected chi connectivity index (χ1v) is 27.9. The Morgan fingerprint density at radius 1 is 0.932 bits per heavy atom. The number of sulfonamides is 1. The van der Waals surface area contributed by atoms with Crippen molar-refractivity contribution < 1.29 is 32.7 Å². The molecule has 0 bridgehead atoms. The Bertz CT molecular complexity index is 2970. The van der Waals surface area contributed by atoms with Crippen LogP contribution in [-0.4, -0.2) is 123 Å². The number of nitro groups is 1. The van der Waals surface area contributed by atoms with Gasteiger partial charge in [0.1, 0.15) is 11.3 Å². The molecule has 3 saturated heterocycles. The maximum absolute atomic E-state index is 14.7. The Hall–Kier alpha value is -5.79. The fourth-order valence-corrected chi connectivity index (χ4v) is 13.7. The molecule has 0 unspecified atom stereocenters. The van der Waals surface area contributed by atoms with E-state index in [1.165, 1.54) is 23.3 Å². The van der Waals surface area contributed by atoms with Gasteiger partial charge in [-0.3, -0.25) is 19.8 Å². The van der Waals surface area contributed by atoms with E-state index >= 15 is 0 Å². The van der Waals surface area contributed by atoms with E-state index in [1.807, 2.05) is 31.3 Å². The van der Waals surface area contributed by atoms with Gasteiger partial charge in [0.15, 0.2) is 5.82 Å². The van der Waals surface area contributed by atoms with Crippen LogP contribution in [0.3, 0.4) is 0 Å². The number of nitrogens with one attached hydrogen (secondary N) is 3.